The molecule has 9 heteroatoms. The monoisotopic (exact) mass is 271 g/mol. The third kappa shape index (κ3) is 5.82. The van der Waals surface area contributed by atoms with Crippen LogP contribution in [0.4, 0.5) is 4.79 Å². The van der Waals surface area contributed by atoms with E-state index in [1.54, 1.807) is 0 Å². The molecule has 0 saturated carbocycles. The summed E-state index contributed by atoms with van der Waals surface area (Å²) in [6.07, 6.45) is 2.67. The summed E-state index contributed by atoms with van der Waals surface area (Å²) in [5.74, 6) is -0.447. The van der Waals surface area contributed by atoms with Crippen molar-refractivity contribution in [3.05, 3.63) is 12.2 Å². The molecule has 2 amide bonds. The first-order valence-corrected chi connectivity index (χ1v) is 5.85. The number of aliphatic carboxylic acids is 1. The molecule has 1 heterocycles. The number of urea groups is 1. The number of rotatable bonds is 8. The number of carboxylic acids is 1. The summed E-state index contributed by atoms with van der Waals surface area (Å²) >= 11 is 0. The van der Waals surface area contributed by atoms with Crippen LogP contribution in [-0.4, -0.2) is 56.6 Å². The van der Waals surface area contributed by atoms with Crippen molar-refractivity contribution in [1.82, 2.24) is 25.8 Å². The van der Waals surface area contributed by atoms with Crippen LogP contribution >= 0.6 is 0 Å². The van der Waals surface area contributed by atoms with Crippen molar-refractivity contribution in [3.8, 4) is 0 Å². The Morgan fingerprint density at radius 2 is 2.26 bits per heavy atom. The second kappa shape index (κ2) is 8.03. The van der Waals surface area contributed by atoms with Crippen LogP contribution in [0.1, 0.15) is 18.7 Å². The van der Waals surface area contributed by atoms with Crippen LogP contribution in [0, 0.1) is 0 Å². The van der Waals surface area contributed by atoms with Gasteiger partial charge in [0.05, 0.1) is 0 Å². The van der Waals surface area contributed by atoms with Crippen molar-refractivity contribution in [3.63, 3.8) is 0 Å². The highest BCUT2D eigenvalue weighted by Gasteiger charge is 2.18. The second-order valence-corrected chi connectivity index (χ2v) is 3.84. The summed E-state index contributed by atoms with van der Waals surface area (Å²) in [6, 6.07) is -1.65. The molecular formula is C10H17N5O4. The van der Waals surface area contributed by atoms with Crippen LogP contribution in [0.25, 0.3) is 0 Å². The first-order valence-electron chi connectivity index (χ1n) is 5.85. The number of nitrogens with one attached hydrogen (secondary N) is 3. The number of aromatic nitrogens is 3. The number of hydrogen-bond acceptors (Lipinski definition) is 5. The van der Waals surface area contributed by atoms with Gasteiger partial charge in [-0.1, -0.05) is 0 Å². The van der Waals surface area contributed by atoms with Crippen LogP contribution in [0.5, 0.6) is 0 Å². The fraction of sp³-hybridized carbons (Fsp3) is 0.600. The molecule has 1 aromatic rings. The van der Waals surface area contributed by atoms with E-state index in [9.17, 15) is 9.59 Å². The van der Waals surface area contributed by atoms with E-state index in [2.05, 4.69) is 25.8 Å². The maximum absolute atomic E-state index is 11.4. The molecule has 0 bridgehead atoms. The molecule has 1 rings (SSSR count). The zero-order valence-corrected chi connectivity index (χ0v) is 10.3. The Labute approximate surface area is 109 Å². The highest BCUT2D eigenvalue weighted by atomic mass is 16.4. The van der Waals surface area contributed by atoms with E-state index in [0.29, 0.717) is 19.4 Å². The lowest BCUT2D eigenvalue weighted by Gasteiger charge is -2.13. The van der Waals surface area contributed by atoms with Gasteiger partial charge in [0.1, 0.15) is 18.2 Å². The van der Waals surface area contributed by atoms with Gasteiger partial charge in [-0.2, -0.15) is 5.10 Å². The Hall–Kier alpha value is -2.16. The number of amides is 2. The number of carbonyl (C=O) groups excluding carboxylic acids is 1. The van der Waals surface area contributed by atoms with Crippen molar-refractivity contribution in [1.29, 1.82) is 0 Å². The minimum Gasteiger partial charge on any atom is -0.480 e. The van der Waals surface area contributed by atoms with Gasteiger partial charge in [-0.25, -0.2) is 14.6 Å². The van der Waals surface area contributed by atoms with Gasteiger partial charge in [0.2, 0.25) is 0 Å². The Morgan fingerprint density at radius 3 is 2.84 bits per heavy atom. The Kier molecular flexibility index (Phi) is 6.30. The van der Waals surface area contributed by atoms with Crippen LogP contribution in [0.15, 0.2) is 6.33 Å². The van der Waals surface area contributed by atoms with E-state index < -0.39 is 18.0 Å². The molecule has 0 aliphatic carbocycles. The molecule has 0 unspecified atom stereocenters. The lowest BCUT2D eigenvalue weighted by molar-refractivity contribution is -0.139. The summed E-state index contributed by atoms with van der Waals surface area (Å²) in [5.41, 5.74) is 0. The lowest BCUT2D eigenvalue weighted by Crippen LogP contribution is -2.46. The van der Waals surface area contributed by atoms with Crippen LogP contribution in [0.3, 0.4) is 0 Å². The van der Waals surface area contributed by atoms with E-state index in [-0.39, 0.29) is 13.0 Å². The number of aryl methyl sites for hydroxylation is 1. The molecule has 9 nitrogen and oxygen atoms in total. The molecular weight excluding hydrogens is 254 g/mol. The van der Waals surface area contributed by atoms with Crippen molar-refractivity contribution >= 4 is 12.0 Å². The first-order chi connectivity index (χ1) is 9.13. The standard InChI is InChI=1S/C10H17N5O4/c16-5-3-7(9(17)18)14-10(19)11-4-1-2-8-12-6-13-15-8/h6-7,16H,1-5H2,(H,17,18)(H2,11,14,19)(H,12,13,15)/t7-/m0/s1. The molecule has 5 N–H and O–H groups in total. The summed E-state index contributed by atoms with van der Waals surface area (Å²) in [7, 11) is 0. The van der Waals surface area contributed by atoms with Crippen LogP contribution in [0.2, 0.25) is 0 Å². The average Bonchev–Trinajstić information content (AvgIpc) is 2.87. The molecule has 106 valence electrons. The number of carboxylic acid groups (broad SMARTS) is 1. The van der Waals surface area contributed by atoms with Gasteiger partial charge in [-0.3, -0.25) is 5.10 Å². The Balaban J connectivity index is 2.17. The molecule has 0 saturated heterocycles. The zero-order chi connectivity index (χ0) is 14.1. The van der Waals surface area contributed by atoms with Crippen LogP contribution in [-0.2, 0) is 11.2 Å². The number of nitrogens with zero attached hydrogens (tertiary/aromatic N) is 2. The van der Waals surface area contributed by atoms with Gasteiger partial charge >= 0.3 is 12.0 Å². The second-order valence-electron chi connectivity index (χ2n) is 3.84. The van der Waals surface area contributed by atoms with Gasteiger partial charge in [-0.05, 0) is 6.42 Å². The van der Waals surface area contributed by atoms with Crippen molar-refractivity contribution in [2.24, 2.45) is 0 Å². The van der Waals surface area contributed by atoms with Gasteiger partial charge < -0.3 is 20.8 Å². The third-order valence-electron chi connectivity index (χ3n) is 2.36. The zero-order valence-electron chi connectivity index (χ0n) is 10.3. The predicted molar refractivity (Wildman–Crippen MR) is 64.4 cm³/mol. The Morgan fingerprint density at radius 1 is 1.47 bits per heavy atom. The third-order valence-corrected chi connectivity index (χ3v) is 2.36. The minimum atomic E-state index is -1.18. The SMILES string of the molecule is O=C(NCCCc1ncn[nH]1)N[C@@H](CCO)C(=O)O. The van der Waals surface area contributed by atoms with Crippen molar-refractivity contribution in [2.45, 2.75) is 25.3 Å². The minimum absolute atomic E-state index is 0.0270. The molecule has 0 aliphatic heterocycles. The topological polar surface area (TPSA) is 140 Å². The van der Waals surface area contributed by atoms with Gasteiger partial charge in [-0.15, -0.1) is 0 Å². The van der Waals surface area contributed by atoms with E-state index >= 15 is 0 Å². The summed E-state index contributed by atoms with van der Waals surface area (Å²) in [5, 5.41) is 28.6. The van der Waals surface area contributed by atoms with Crippen molar-refractivity contribution in [2.75, 3.05) is 13.2 Å². The number of aliphatic hydroxyl groups is 1. The summed E-state index contributed by atoms with van der Waals surface area (Å²) < 4.78 is 0. The summed E-state index contributed by atoms with van der Waals surface area (Å²) in [4.78, 5) is 26.1. The number of aromatic amines is 1. The van der Waals surface area contributed by atoms with Crippen LogP contribution < -0.4 is 10.6 Å². The molecule has 0 spiro atoms. The normalized spacial score (nSPS) is 11.8. The maximum Gasteiger partial charge on any atom is 0.326 e. The molecule has 0 fully saturated rings. The maximum atomic E-state index is 11.4. The number of hydrogen-bond donors (Lipinski definition) is 5. The molecule has 19 heavy (non-hydrogen) atoms. The fourth-order valence-electron chi connectivity index (χ4n) is 1.40. The first kappa shape index (κ1) is 14.9. The molecule has 0 radical (unpaired) electrons. The molecule has 0 aromatic carbocycles. The van der Waals surface area contributed by atoms with E-state index in [0.717, 1.165) is 5.82 Å². The number of aliphatic hydroxyl groups excluding tert-OH is 1. The predicted octanol–water partition coefficient (Wildman–Crippen LogP) is -1.13. The quantitative estimate of drug-likeness (QED) is 0.379. The molecule has 1 atom stereocenters. The summed E-state index contributed by atoms with van der Waals surface area (Å²) in [6.45, 7) is 0.0841. The van der Waals surface area contributed by atoms with E-state index in [1.165, 1.54) is 6.33 Å². The fourth-order valence-corrected chi connectivity index (χ4v) is 1.40. The number of H-pyrrole nitrogens is 1. The number of carbonyl (C=O) groups is 2. The van der Waals surface area contributed by atoms with E-state index in [4.69, 9.17) is 10.2 Å². The lowest BCUT2D eigenvalue weighted by atomic mass is 10.2. The highest BCUT2D eigenvalue weighted by molar-refractivity contribution is 5.82. The average molecular weight is 271 g/mol. The smallest absolute Gasteiger partial charge is 0.326 e. The molecule has 1 aromatic heterocycles. The van der Waals surface area contributed by atoms with Gasteiger partial charge in [0, 0.05) is 26.0 Å². The van der Waals surface area contributed by atoms with Gasteiger partial charge in [0.15, 0.2) is 0 Å². The largest absolute Gasteiger partial charge is 0.480 e. The van der Waals surface area contributed by atoms with E-state index in [1.807, 2.05) is 0 Å². The highest BCUT2D eigenvalue weighted by Crippen LogP contribution is 1.93. The Bertz CT molecular complexity index is 395. The van der Waals surface area contributed by atoms with Gasteiger partial charge in [0.25, 0.3) is 0 Å². The molecule has 0 aliphatic rings. The van der Waals surface area contributed by atoms with Crippen molar-refractivity contribution < 1.29 is 19.8 Å².